The zero-order valence-electron chi connectivity index (χ0n) is 6.78. The second-order valence-corrected chi connectivity index (χ2v) is 4.32. The predicted octanol–water partition coefficient (Wildman–Crippen LogP) is 2.68. The average Bonchev–Trinajstić information content (AvgIpc) is 2.65. The molecule has 0 amide bonds. The summed E-state index contributed by atoms with van der Waals surface area (Å²) >= 11 is 3.01. The van der Waals surface area contributed by atoms with E-state index in [-0.39, 0.29) is 5.56 Å². The van der Waals surface area contributed by atoms with Crippen LogP contribution in [0.4, 0.5) is 8.78 Å². The van der Waals surface area contributed by atoms with Crippen LogP contribution in [0.1, 0.15) is 18.4 Å². The minimum Gasteiger partial charge on any atom is -0.321 e. The molecule has 1 nitrogen and oxygen atoms in total. The van der Waals surface area contributed by atoms with Crippen molar-refractivity contribution >= 4 is 15.9 Å². The SMILES string of the molecule is NC1(c2c(F)cc(Br)cc2F)CC1. The van der Waals surface area contributed by atoms with Crippen molar-refractivity contribution in [3.63, 3.8) is 0 Å². The molecule has 0 spiro atoms. The van der Waals surface area contributed by atoms with Gasteiger partial charge in [-0.25, -0.2) is 8.78 Å². The molecule has 0 unspecified atom stereocenters. The summed E-state index contributed by atoms with van der Waals surface area (Å²) in [4.78, 5) is 0. The van der Waals surface area contributed by atoms with E-state index in [1.165, 1.54) is 12.1 Å². The van der Waals surface area contributed by atoms with Crippen LogP contribution in [0.5, 0.6) is 0 Å². The highest BCUT2D eigenvalue weighted by Crippen LogP contribution is 2.45. The minimum atomic E-state index is -0.755. The monoisotopic (exact) mass is 247 g/mol. The molecule has 1 aliphatic rings. The molecule has 2 rings (SSSR count). The van der Waals surface area contributed by atoms with Gasteiger partial charge in [0.15, 0.2) is 0 Å². The molecule has 0 atom stereocenters. The molecule has 0 aromatic heterocycles. The Kier molecular flexibility index (Phi) is 1.92. The maximum absolute atomic E-state index is 13.3. The van der Waals surface area contributed by atoms with Crippen LogP contribution in [0.3, 0.4) is 0 Å². The fourth-order valence-electron chi connectivity index (χ4n) is 1.40. The highest BCUT2D eigenvalue weighted by atomic mass is 79.9. The average molecular weight is 248 g/mol. The Morgan fingerprint density at radius 2 is 1.69 bits per heavy atom. The van der Waals surface area contributed by atoms with E-state index in [0.29, 0.717) is 17.3 Å². The van der Waals surface area contributed by atoms with Crippen molar-refractivity contribution in [1.82, 2.24) is 0 Å². The van der Waals surface area contributed by atoms with E-state index in [9.17, 15) is 8.78 Å². The number of hydrogen-bond acceptors (Lipinski definition) is 1. The summed E-state index contributed by atoms with van der Waals surface area (Å²) in [7, 11) is 0. The lowest BCUT2D eigenvalue weighted by Crippen LogP contribution is -2.22. The second kappa shape index (κ2) is 2.75. The summed E-state index contributed by atoms with van der Waals surface area (Å²) in [5, 5.41) is 0. The Balaban J connectivity index is 2.57. The van der Waals surface area contributed by atoms with E-state index in [1.54, 1.807) is 0 Å². The molecule has 1 aromatic carbocycles. The number of benzene rings is 1. The molecule has 4 heteroatoms. The lowest BCUT2D eigenvalue weighted by Gasteiger charge is -2.11. The number of hydrogen-bond donors (Lipinski definition) is 1. The highest BCUT2D eigenvalue weighted by molar-refractivity contribution is 9.10. The summed E-state index contributed by atoms with van der Waals surface area (Å²) in [6.45, 7) is 0. The van der Waals surface area contributed by atoms with Gasteiger partial charge in [-0.2, -0.15) is 0 Å². The van der Waals surface area contributed by atoms with Crippen LogP contribution in [0, 0.1) is 11.6 Å². The number of halogens is 3. The van der Waals surface area contributed by atoms with Gasteiger partial charge in [0.05, 0.1) is 0 Å². The third-order valence-electron chi connectivity index (χ3n) is 2.29. The summed E-state index contributed by atoms with van der Waals surface area (Å²) < 4.78 is 27.0. The molecule has 0 heterocycles. The normalized spacial score (nSPS) is 18.8. The fourth-order valence-corrected chi connectivity index (χ4v) is 1.80. The topological polar surface area (TPSA) is 26.0 Å². The zero-order chi connectivity index (χ0) is 9.64. The van der Waals surface area contributed by atoms with Crippen molar-refractivity contribution in [3.8, 4) is 0 Å². The Bertz CT molecular complexity index is 338. The van der Waals surface area contributed by atoms with Crippen molar-refractivity contribution in [2.45, 2.75) is 18.4 Å². The molecule has 0 radical (unpaired) electrons. The van der Waals surface area contributed by atoms with Crippen LogP contribution in [-0.2, 0) is 5.54 Å². The van der Waals surface area contributed by atoms with Gasteiger partial charge in [0.2, 0.25) is 0 Å². The summed E-state index contributed by atoms with van der Waals surface area (Å²) in [6.07, 6.45) is 1.31. The van der Waals surface area contributed by atoms with Crippen molar-refractivity contribution in [2.24, 2.45) is 5.73 Å². The Hall–Kier alpha value is -0.480. The van der Waals surface area contributed by atoms with Gasteiger partial charge in [0.25, 0.3) is 0 Å². The number of rotatable bonds is 1. The number of nitrogens with two attached hydrogens (primary N) is 1. The maximum atomic E-state index is 13.3. The van der Waals surface area contributed by atoms with Crippen LogP contribution in [0.25, 0.3) is 0 Å². The van der Waals surface area contributed by atoms with E-state index in [4.69, 9.17) is 5.73 Å². The third-order valence-corrected chi connectivity index (χ3v) is 2.75. The first-order chi connectivity index (χ1) is 6.03. The van der Waals surface area contributed by atoms with Gasteiger partial charge < -0.3 is 5.73 Å². The molecule has 2 N–H and O–H groups in total. The first kappa shape index (κ1) is 9.09. The van der Waals surface area contributed by atoms with Gasteiger partial charge in [-0.3, -0.25) is 0 Å². The van der Waals surface area contributed by atoms with Crippen LogP contribution < -0.4 is 5.73 Å². The minimum absolute atomic E-state index is 0.0238. The zero-order valence-corrected chi connectivity index (χ0v) is 8.37. The highest BCUT2D eigenvalue weighted by Gasteiger charge is 2.44. The molecule has 1 aliphatic carbocycles. The van der Waals surface area contributed by atoms with Gasteiger partial charge in [0, 0.05) is 15.6 Å². The van der Waals surface area contributed by atoms with Crippen LogP contribution >= 0.6 is 15.9 Å². The van der Waals surface area contributed by atoms with E-state index in [1.807, 2.05) is 0 Å². The predicted molar refractivity (Wildman–Crippen MR) is 49.2 cm³/mol. The van der Waals surface area contributed by atoms with Crippen molar-refractivity contribution in [2.75, 3.05) is 0 Å². The van der Waals surface area contributed by atoms with Crippen molar-refractivity contribution < 1.29 is 8.78 Å². The van der Waals surface area contributed by atoms with Crippen molar-refractivity contribution in [1.29, 1.82) is 0 Å². The molecule has 0 saturated heterocycles. The molecule has 1 aromatic rings. The maximum Gasteiger partial charge on any atom is 0.132 e. The fraction of sp³-hybridized carbons (Fsp3) is 0.333. The Morgan fingerprint density at radius 1 is 1.23 bits per heavy atom. The molecular formula is C9H8BrF2N. The van der Waals surface area contributed by atoms with E-state index in [0.717, 1.165) is 0 Å². The molecule has 1 saturated carbocycles. The smallest absolute Gasteiger partial charge is 0.132 e. The summed E-state index contributed by atoms with van der Waals surface area (Å²) in [5.74, 6) is -1.13. The van der Waals surface area contributed by atoms with E-state index in [2.05, 4.69) is 15.9 Å². The van der Waals surface area contributed by atoms with Crippen LogP contribution in [0.15, 0.2) is 16.6 Å². The Morgan fingerprint density at radius 3 is 2.08 bits per heavy atom. The molecule has 1 fully saturated rings. The van der Waals surface area contributed by atoms with Crippen molar-refractivity contribution in [3.05, 3.63) is 33.8 Å². The second-order valence-electron chi connectivity index (χ2n) is 3.40. The van der Waals surface area contributed by atoms with Gasteiger partial charge in [-0.05, 0) is 25.0 Å². The standard InChI is InChI=1S/C9H8BrF2N/c10-5-3-6(11)8(7(12)4-5)9(13)1-2-9/h3-4H,1-2,13H2. The molecule has 0 bridgehead atoms. The lowest BCUT2D eigenvalue weighted by atomic mass is 10.0. The van der Waals surface area contributed by atoms with Crippen LogP contribution in [0.2, 0.25) is 0 Å². The summed E-state index contributed by atoms with van der Waals surface area (Å²) in [6, 6.07) is 2.48. The largest absolute Gasteiger partial charge is 0.321 e. The van der Waals surface area contributed by atoms with Gasteiger partial charge in [-0.1, -0.05) is 15.9 Å². The first-order valence-corrected chi connectivity index (χ1v) is 4.76. The quantitative estimate of drug-likeness (QED) is 0.812. The molecule has 0 aliphatic heterocycles. The first-order valence-electron chi connectivity index (χ1n) is 3.97. The third kappa shape index (κ3) is 1.48. The molecule has 70 valence electrons. The van der Waals surface area contributed by atoms with E-state index >= 15 is 0 Å². The van der Waals surface area contributed by atoms with Gasteiger partial charge in [0.1, 0.15) is 11.6 Å². The summed E-state index contributed by atoms with van der Waals surface area (Å²) in [5.41, 5.74) is 4.99. The molecule has 13 heavy (non-hydrogen) atoms. The van der Waals surface area contributed by atoms with Gasteiger partial charge >= 0.3 is 0 Å². The van der Waals surface area contributed by atoms with Gasteiger partial charge in [-0.15, -0.1) is 0 Å². The molecular weight excluding hydrogens is 240 g/mol. The van der Waals surface area contributed by atoms with E-state index < -0.39 is 17.2 Å². The van der Waals surface area contributed by atoms with Crippen LogP contribution in [-0.4, -0.2) is 0 Å². The Labute approximate surface area is 83.1 Å². The lowest BCUT2D eigenvalue weighted by molar-refractivity contribution is 0.519.